The van der Waals surface area contributed by atoms with Crippen LogP contribution in [0.2, 0.25) is 0 Å². The number of carbonyl (C=O) groups excluding carboxylic acids is 1. The molecular formula is C7H15NO2. The Bertz CT molecular complexity index is 85.7. The summed E-state index contributed by atoms with van der Waals surface area (Å²) in [5.41, 5.74) is 0. The predicted octanol–water partition coefficient (Wildman–Crippen LogP) is 0.141. The zero-order valence-corrected chi connectivity index (χ0v) is 6.34. The summed E-state index contributed by atoms with van der Waals surface area (Å²) >= 11 is 0. The van der Waals surface area contributed by atoms with Gasteiger partial charge in [-0.25, -0.2) is 0 Å². The first-order valence-corrected chi connectivity index (χ1v) is 3.63. The van der Waals surface area contributed by atoms with E-state index in [1.807, 2.05) is 0 Å². The highest BCUT2D eigenvalue weighted by Gasteiger charge is 2.03. The molecule has 0 heterocycles. The number of hydrogen-bond donors (Lipinski definition) is 2. The molecule has 3 heteroatoms. The van der Waals surface area contributed by atoms with E-state index < -0.39 is 0 Å². The third-order valence-corrected chi connectivity index (χ3v) is 1.44. The minimum atomic E-state index is 0.161. The van der Waals surface area contributed by atoms with E-state index in [0.29, 0.717) is 13.0 Å². The third-order valence-electron chi connectivity index (χ3n) is 1.44. The van der Waals surface area contributed by atoms with Crippen molar-refractivity contribution in [2.75, 3.05) is 13.2 Å². The van der Waals surface area contributed by atoms with Gasteiger partial charge in [-0.05, 0) is 12.3 Å². The predicted molar refractivity (Wildman–Crippen MR) is 39.6 cm³/mol. The van der Waals surface area contributed by atoms with Crippen LogP contribution in [0.3, 0.4) is 0 Å². The molecule has 0 radical (unpaired) electrons. The quantitative estimate of drug-likeness (QED) is 0.522. The van der Waals surface area contributed by atoms with E-state index in [9.17, 15) is 4.79 Å². The maximum Gasteiger partial charge on any atom is 0.207 e. The number of amides is 1. The molecule has 0 aliphatic heterocycles. The van der Waals surface area contributed by atoms with Gasteiger partial charge >= 0.3 is 0 Å². The van der Waals surface area contributed by atoms with Gasteiger partial charge in [0.1, 0.15) is 0 Å². The minimum Gasteiger partial charge on any atom is -0.396 e. The Labute approximate surface area is 61.4 Å². The Kier molecular flexibility index (Phi) is 6.18. The van der Waals surface area contributed by atoms with E-state index in [1.165, 1.54) is 0 Å². The summed E-state index contributed by atoms with van der Waals surface area (Å²) in [7, 11) is 0. The lowest BCUT2D eigenvalue weighted by atomic mass is 10.1. The maximum atomic E-state index is 9.84. The molecule has 1 amide bonds. The molecule has 0 fully saturated rings. The Morgan fingerprint density at radius 2 is 2.40 bits per heavy atom. The first-order chi connectivity index (χ1) is 4.85. The van der Waals surface area contributed by atoms with E-state index >= 15 is 0 Å². The normalized spacial score (nSPS) is 12.6. The minimum absolute atomic E-state index is 0.161. The van der Waals surface area contributed by atoms with Crippen molar-refractivity contribution in [2.45, 2.75) is 19.8 Å². The molecule has 0 rings (SSSR count). The molecule has 1 atom stereocenters. The topological polar surface area (TPSA) is 49.3 Å². The number of rotatable bonds is 6. The average Bonchev–Trinajstić information content (AvgIpc) is 1.98. The van der Waals surface area contributed by atoms with E-state index in [0.717, 1.165) is 12.8 Å². The van der Waals surface area contributed by atoms with Gasteiger partial charge in [0.05, 0.1) is 0 Å². The highest BCUT2D eigenvalue weighted by Crippen LogP contribution is 2.02. The standard InChI is InChI=1S/C7H15NO2/c1-2-3-7(5-9)4-8-6-10/h6-7,9H,2-5H2,1H3,(H,8,10). The molecule has 0 spiro atoms. The molecule has 10 heavy (non-hydrogen) atoms. The van der Waals surface area contributed by atoms with Crippen molar-refractivity contribution in [2.24, 2.45) is 5.92 Å². The summed E-state index contributed by atoms with van der Waals surface area (Å²) in [5, 5.41) is 11.3. The van der Waals surface area contributed by atoms with E-state index in [1.54, 1.807) is 0 Å². The van der Waals surface area contributed by atoms with Crippen LogP contribution in [0.25, 0.3) is 0 Å². The number of hydrogen-bond acceptors (Lipinski definition) is 2. The summed E-state index contributed by atoms with van der Waals surface area (Å²) in [4.78, 5) is 9.84. The van der Waals surface area contributed by atoms with Crippen molar-refractivity contribution < 1.29 is 9.90 Å². The van der Waals surface area contributed by atoms with Gasteiger partial charge in [-0.3, -0.25) is 4.79 Å². The van der Waals surface area contributed by atoms with Crippen LogP contribution < -0.4 is 5.32 Å². The van der Waals surface area contributed by atoms with Gasteiger partial charge < -0.3 is 10.4 Å². The van der Waals surface area contributed by atoms with E-state index in [-0.39, 0.29) is 12.5 Å². The lowest BCUT2D eigenvalue weighted by molar-refractivity contribution is -0.109. The van der Waals surface area contributed by atoms with E-state index in [4.69, 9.17) is 5.11 Å². The fourth-order valence-electron chi connectivity index (χ4n) is 0.881. The molecule has 3 nitrogen and oxygen atoms in total. The first-order valence-electron chi connectivity index (χ1n) is 3.63. The molecule has 0 aliphatic carbocycles. The van der Waals surface area contributed by atoms with Crippen LogP contribution in [0.4, 0.5) is 0 Å². The van der Waals surface area contributed by atoms with Crippen LogP contribution in [0.15, 0.2) is 0 Å². The number of carbonyl (C=O) groups is 1. The van der Waals surface area contributed by atoms with Crippen LogP contribution in [0, 0.1) is 5.92 Å². The lowest BCUT2D eigenvalue weighted by Gasteiger charge is -2.10. The molecule has 0 aromatic heterocycles. The summed E-state index contributed by atoms with van der Waals surface area (Å²) < 4.78 is 0. The third kappa shape index (κ3) is 4.32. The number of nitrogens with one attached hydrogen (secondary N) is 1. The Morgan fingerprint density at radius 3 is 2.80 bits per heavy atom. The second kappa shape index (κ2) is 6.55. The Balaban J connectivity index is 3.29. The zero-order valence-electron chi connectivity index (χ0n) is 6.34. The van der Waals surface area contributed by atoms with Crippen molar-refractivity contribution in [1.82, 2.24) is 5.32 Å². The smallest absolute Gasteiger partial charge is 0.207 e. The average molecular weight is 145 g/mol. The van der Waals surface area contributed by atoms with Gasteiger partial charge in [0.15, 0.2) is 0 Å². The Hall–Kier alpha value is -0.570. The molecule has 0 saturated heterocycles. The zero-order chi connectivity index (χ0) is 7.82. The van der Waals surface area contributed by atoms with Crippen molar-refractivity contribution >= 4 is 6.41 Å². The first kappa shape index (κ1) is 9.43. The molecule has 0 aliphatic rings. The largest absolute Gasteiger partial charge is 0.396 e. The summed E-state index contributed by atoms with van der Waals surface area (Å²) in [5.74, 6) is 0.232. The summed E-state index contributed by atoms with van der Waals surface area (Å²) in [6.45, 7) is 2.81. The second-order valence-electron chi connectivity index (χ2n) is 2.36. The van der Waals surface area contributed by atoms with Gasteiger partial charge in [-0.2, -0.15) is 0 Å². The fourth-order valence-corrected chi connectivity index (χ4v) is 0.881. The SMILES string of the molecule is CCCC(CO)CNC=O. The molecule has 1 unspecified atom stereocenters. The van der Waals surface area contributed by atoms with Crippen LogP contribution in [0.5, 0.6) is 0 Å². The molecule has 0 saturated carbocycles. The fraction of sp³-hybridized carbons (Fsp3) is 0.857. The second-order valence-corrected chi connectivity index (χ2v) is 2.36. The van der Waals surface area contributed by atoms with Crippen molar-refractivity contribution in [3.8, 4) is 0 Å². The molecule has 60 valence electrons. The van der Waals surface area contributed by atoms with Crippen molar-refractivity contribution in [1.29, 1.82) is 0 Å². The number of aliphatic hydroxyl groups excluding tert-OH is 1. The van der Waals surface area contributed by atoms with Crippen molar-refractivity contribution in [3.63, 3.8) is 0 Å². The summed E-state index contributed by atoms with van der Waals surface area (Å²) in [6, 6.07) is 0. The molecule has 0 bridgehead atoms. The van der Waals surface area contributed by atoms with Gasteiger partial charge in [0, 0.05) is 13.2 Å². The van der Waals surface area contributed by atoms with Gasteiger partial charge in [-0.15, -0.1) is 0 Å². The van der Waals surface area contributed by atoms with Crippen LogP contribution in [0.1, 0.15) is 19.8 Å². The maximum absolute atomic E-state index is 9.84. The van der Waals surface area contributed by atoms with E-state index in [2.05, 4.69) is 12.2 Å². The van der Waals surface area contributed by atoms with Crippen LogP contribution >= 0.6 is 0 Å². The van der Waals surface area contributed by atoms with Crippen LogP contribution in [-0.2, 0) is 4.79 Å². The van der Waals surface area contributed by atoms with Gasteiger partial charge in [0.25, 0.3) is 0 Å². The van der Waals surface area contributed by atoms with Gasteiger partial charge in [-0.1, -0.05) is 13.3 Å². The van der Waals surface area contributed by atoms with Crippen molar-refractivity contribution in [3.05, 3.63) is 0 Å². The number of aliphatic hydroxyl groups is 1. The monoisotopic (exact) mass is 145 g/mol. The Morgan fingerprint density at radius 1 is 1.70 bits per heavy atom. The molecule has 2 N–H and O–H groups in total. The molecule has 0 aromatic rings. The highest BCUT2D eigenvalue weighted by atomic mass is 16.3. The molecular weight excluding hydrogens is 130 g/mol. The van der Waals surface area contributed by atoms with Crippen LogP contribution in [-0.4, -0.2) is 24.7 Å². The summed E-state index contributed by atoms with van der Waals surface area (Å²) in [6.07, 6.45) is 2.68. The lowest BCUT2D eigenvalue weighted by Crippen LogP contribution is -2.23. The van der Waals surface area contributed by atoms with Gasteiger partial charge in [0.2, 0.25) is 6.41 Å². The highest BCUT2D eigenvalue weighted by molar-refractivity contribution is 5.45. The molecule has 0 aromatic carbocycles.